The molecule has 1 aliphatic heterocycles. The van der Waals surface area contributed by atoms with Gasteiger partial charge in [0.2, 0.25) is 0 Å². The highest BCUT2D eigenvalue weighted by atomic mass is 35.5. The molecule has 32 heavy (non-hydrogen) atoms. The number of carbonyl (C=O) groups is 1. The highest BCUT2D eigenvalue weighted by Crippen LogP contribution is 2.39. The van der Waals surface area contributed by atoms with E-state index in [1.807, 2.05) is 12.1 Å². The van der Waals surface area contributed by atoms with Gasteiger partial charge in [-0.15, -0.1) is 0 Å². The average Bonchev–Trinajstić information content (AvgIpc) is 2.81. The van der Waals surface area contributed by atoms with Crippen LogP contribution in [0.3, 0.4) is 0 Å². The molecule has 1 saturated heterocycles. The van der Waals surface area contributed by atoms with Gasteiger partial charge in [0.25, 0.3) is 5.91 Å². The molecule has 3 aromatic rings. The average molecular weight is 474 g/mol. The largest absolute Gasteiger partial charge is 0.495 e. The number of rotatable bonds is 6. The second-order valence-electron chi connectivity index (χ2n) is 7.60. The van der Waals surface area contributed by atoms with E-state index in [0.717, 1.165) is 49.5 Å². The van der Waals surface area contributed by atoms with Crippen molar-refractivity contribution in [1.82, 2.24) is 9.88 Å². The summed E-state index contributed by atoms with van der Waals surface area (Å²) in [5, 5.41) is 4.78. The van der Waals surface area contributed by atoms with Crippen LogP contribution in [0, 0.1) is 0 Å². The number of aromatic nitrogens is 1. The molecule has 3 N–H and O–H groups in total. The van der Waals surface area contributed by atoms with Gasteiger partial charge in [-0.25, -0.2) is 0 Å². The first-order valence-corrected chi connectivity index (χ1v) is 11.2. The number of carbonyl (C=O) groups excluding carboxylic acids is 1. The van der Waals surface area contributed by atoms with Crippen molar-refractivity contribution in [2.75, 3.05) is 50.1 Å². The van der Waals surface area contributed by atoms with Crippen molar-refractivity contribution < 1.29 is 9.53 Å². The van der Waals surface area contributed by atoms with E-state index in [1.54, 1.807) is 25.3 Å². The van der Waals surface area contributed by atoms with Gasteiger partial charge in [-0.3, -0.25) is 9.78 Å². The zero-order valence-corrected chi connectivity index (χ0v) is 19.5. The Hall–Kier alpha value is -2.74. The number of halogens is 2. The maximum Gasteiger partial charge on any atom is 0.252 e. The fourth-order valence-corrected chi connectivity index (χ4v) is 4.33. The van der Waals surface area contributed by atoms with Gasteiger partial charge in [0, 0.05) is 43.8 Å². The van der Waals surface area contributed by atoms with Crippen LogP contribution in [0.1, 0.15) is 17.3 Å². The zero-order valence-electron chi connectivity index (χ0n) is 18.0. The monoisotopic (exact) mass is 473 g/mol. The summed E-state index contributed by atoms with van der Waals surface area (Å²) in [6.07, 6.45) is 1.46. The van der Waals surface area contributed by atoms with Crippen molar-refractivity contribution in [1.29, 1.82) is 0 Å². The maximum atomic E-state index is 12.2. The molecule has 9 heteroatoms. The number of benzene rings is 2. The number of nitrogens with one attached hydrogen (secondary N) is 1. The number of nitrogens with two attached hydrogens (primary N) is 1. The molecular weight excluding hydrogens is 449 g/mol. The number of pyridine rings is 1. The summed E-state index contributed by atoms with van der Waals surface area (Å²) in [6.45, 7) is 6.90. The number of methoxy groups -OCH3 is 1. The number of ether oxygens (including phenoxy) is 1. The fraction of sp³-hybridized carbons (Fsp3) is 0.304. The van der Waals surface area contributed by atoms with E-state index in [0.29, 0.717) is 26.9 Å². The Morgan fingerprint density at radius 2 is 1.97 bits per heavy atom. The number of nitrogens with zero attached hydrogens (tertiary/aromatic N) is 3. The standard InChI is InChI=1S/C23H25Cl2N5O2/c1-3-29-7-9-30(10-8-29)19-11-14-18(12-20(19)32-2)27-13-15(23(26)31)22(14)28-17-6-4-5-16(24)21(17)25/h4-6,11-13H,3,7-10H2,1-2H3,(H2,26,31)(H,27,28). The number of hydrogen-bond donors (Lipinski definition) is 2. The Kier molecular flexibility index (Phi) is 6.60. The van der Waals surface area contributed by atoms with Crippen molar-refractivity contribution >= 4 is 57.1 Å². The second kappa shape index (κ2) is 9.40. The lowest BCUT2D eigenvalue weighted by Gasteiger charge is -2.36. The lowest BCUT2D eigenvalue weighted by molar-refractivity contribution is 0.100. The van der Waals surface area contributed by atoms with Gasteiger partial charge in [-0.05, 0) is 24.7 Å². The Balaban J connectivity index is 1.86. The van der Waals surface area contributed by atoms with Gasteiger partial charge in [-0.2, -0.15) is 0 Å². The summed E-state index contributed by atoms with van der Waals surface area (Å²) in [5.74, 6) is 0.141. The fourth-order valence-electron chi connectivity index (χ4n) is 3.98. The summed E-state index contributed by atoms with van der Waals surface area (Å²) in [5.41, 5.74) is 8.66. The molecule has 2 heterocycles. The zero-order chi connectivity index (χ0) is 22.8. The number of fused-ring (bicyclic) bond motifs is 1. The SMILES string of the molecule is CCN1CCN(c2cc3c(Nc4cccc(Cl)c4Cl)c(C(N)=O)cnc3cc2OC)CC1. The summed E-state index contributed by atoms with van der Waals surface area (Å²) in [4.78, 5) is 21.4. The molecule has 0 unspecified atom stereocenters. The van der Waals surface area contributed by atoms with Gasteiger partial charge in [0.1, 0.15) is 5.75 Å². The molecule has 1 amide bonds. The number of likely N-dealkylation sites (N-methyl/N-ethyl adjacent to an activating group) is 1. The van der Waals surface area contributed by atoms with Gasteiger partial charge in [0.05, 0.1) is 45.3 Å². The quantitative estimate of drug-likeness (QED) is 0.546. The third kappa shape index (κ3) is 4.28. The molecular formula is C23H25Cl2N5O2. The molecule has 168 valence electrons. The van der Waals surface area contributed by atoms with Crippen LogP contribution in [-0.2, 0) is 0 Å². The first-order chi connectivity index (χ1) is 15.4. The Morgan fingerprint density at radius 1 is 1.22 bits per heavy atom. The molecule has 0 radical (unpaired) electrons. The third-order valence-corrected chi connectivity index (χ3v) is 6.62. The molecule has 0 aliphatic carbocycles. The normalized spacial score (nSPS) is 14.6. The van der Waals surface area contributed by atoms with E-state index < -0.39 is 5.91 Å². The van der Waals surface area contributed by atoms with Crippen LogP contribution in [0.15, 0.2) is 36.5 Å². The lowest BCUT2D eigenvalue weighted by atomic mass is 10.1. The lowest BCUT2D eigenvalue weighted by Crippen LogP contribution is -2.46. The van der Waals surface area contributed by atoms with E-state index in [4.69, 9.17) is 33.7 Å². The van der Waals surface area contributed by atoms with Crippen LogP contribution in [0.5, 0.6) is 5.75 Å². The summed E-state index contributed by atoms with van der Waals surface area (Å²) in [7, 11) is 1.65. The van der Waals surface area contributed by atoms with Crippen LogP contribution >= 0.6 is 23.2 Å². The number of anilines is 3. The van der Waals surface area contributed by atoms with E-state index in [1.165, 1.54) is 6.20 Å². The van der Waals surface area contributed by atoms with E-state index >= 15 is 0 Å². The van der Waals surface area contributed by atoms with E-state index in [9.17, 15) is 4.79 Å². The molecule has 1 aromatic heterocycles. The van der Waals surface area contributed by atoms with Gasteiger partial charge >= 0.3 is 0 Å². The summed E-state index contributed by atoms with van der Waals surface area (Å²) >= 11 is 12.6. The van der Waals surface area contributed by atoms with Crippen LogP contribution in [-0.4, -0.2) is 55.6 Å². The Bertz CT molecular complexity index is 1160. The number of piperazine rings is 1. The van der Waals surface area contributed by atoms with Gasteiger partial charge < -0.3 is 25.6 Å². The second-order valence-corrected chi connectivity index (χ2v) is 8.39. The van der Waals surface area contributed by atoms with Crippen LogP contribution in [0.4, 0.5) is 17.1 Å². The van der Waals surface area contributed by atoms with Crippen molar-refractivity contribution in [3.8, 4) is 5.75 Å². The maximum absolute atomic E-state index is 12.2. The highest BCUT2D eigenvalue weighted by Gasteiger charge is 2.22. The predicted octanol–water partition coefficient (Wildman–Crippen LogP) is 4.53. The topological polar surface area (TPSA) is 83.7 Å². The summed E-state index contributed by atoms with van der Waals surface area (Å²) in [6, 6.07) is 9.15. The number of amides is 1. The molecule has 0 spiro atoms. The van der Waals surface area contributed by atoms with E-state index in [2.05, 4.69) is 27.0 Å². The van der Waals surface area contributed by atoms with Crippen molar-refractivity contribution in [3.63, 3.8) is 0 Å². The van der Waals surface area contributed by atoms with Crippen molar-refractivity contribution in [3.05, 3.63) is 52.1 Å². The minimum atomic E-state index is -0.589. The molecule has 1 fully saturated rings. The van der Waals surface area contributed by atoms with E-state index in [-0.39, 0.29) is 5.56 Å². The Labute approximate surface area is 197 Å². The van der Waals surface area contributed by atoms with Crippen molar-refractivity contribution in [2.24, 2.45) is 5.73 Å². The van der Waals surface area contributed by atoms with Gasteiger partial charge in [0.15, 0.2) is 0 Å². The summed E-state index contributed by atoms with van der Waals surface area (Å²) < 4.78 is 5.68. The van der Waals surface area contributed by atoms with Crippen LogP contribution in [0.2, 0.25) is 10.0 Å². The first-order valence-electron chi connectivity index (χ1n) is 10.4. The molecule has 0 bridgehead atoms. The van der Waals surface area contributed by atoms with Crippen LogP contribution < -0.4 is 20.7 Å². The highest BCUT2D eigenvalue weighted by molar-refractivity contribution is 6.43. The Morgan fingerprint density at radius 3 is 2.62 bits per heavy atom. The van der Waals surface area contributed by atoms with Crippen molar-refractivity contribution in [2.45, 2.75) is 6.92 Å². The minimum Gasteiger partial charge on any atom is -0.495 e. The van der Waals surface area contributed by atoms with Crippen LogP contribution in [0.25, 0.3) is 10.9 Å². The van der Waals surface area contributed by atoms with Gasteiger partial charge in [-0.1, -0.05) is 36.2 Å². The third-order valence-electron chi connectivity index (χ3n) is 5.81. The predicted molar refractivity (Wildman–Crippen MR) is 131 cm³/mol. The molecule has 0 atom stereocenters. The number of hydrogen-bond acceptors (Lipinski definition) is 6. The smallest absolute Gasteiger partial charge is 0.252 e. The molecule has 2 aromatic carbocycles. The minimum absolute atomic E-state index is 0.264. The molecule has 1 aliphatic rings. The number of primary amides is 1. The molecule has 7 nitrogen and oxygen atoms in total. The molecule has 0 saturated carbocycles. The molecule has 4 rings (SSSR count). The first kappa shape index (κ1) is 22.5.